The maximum atomic E-state index is 5.19. The summed E-state index contributed by atoms with van der Waals surface area (Å²) in [7, 11) is 0. The Hall–Kier alpha value is -1.61. The molecule has 0 unspecified atom stereocenters. The minimum atomic E-state index is 0.327. The van der Waals surface area contributed by atoms with Crippen LogP contribution in [0, 0.1) is 11.3 Å². The van der Waals surface area contributed by atoms with Crippen LogP contribution in [0.5, 0.6) is 0 Å². The molecular formula is C26H39N3. The van der Waals surface area contributed by atoms with Crippen molar-refractivity contribution >= 4 is 16.7 Å². The van der Waals surface area contributed by atoms with E-state index in [0.717, 1.165) is 38.2 Å². The highest BCUT2D eigenvalue weighted by atomic mass is 15.1. The van der Waals surface area contributed by atoms with Gasteiger partial charge in [0.2, 0.25) is 0 Å². The summed E-state index contributed by atoms with van der Waals surface area (Å²) in [6.07, 6.45) is 7.28. The lowest BCUT2D eigenvalue weighted by atomic mass is 9.89. The van der Waals surface area contributed by atoms with E-state index in [9.17, 15) is 0 Å². The van der Waals surface area contributed by atoms with E-state index in [1.165, 1.54) is 59.9 Å². The quantitative estimate of drug-likeness (QED) is 0.627. The molecule has 1 aliphatic carbocycles. The summed E-state index contributed by atoms with van der Waals surface area (Å²) in [6.45, 7) is 16.3. The van der Waals surface area contributed by atoms with Crippen LogP contribution in [-0.4, -0.2) is 29.5 Å². The lowest BCUT2D eigenvalue weighted by Gasteiger charge is -2.19. The number of aryl methyl sites for hydroxylation is 1. The lowest BCUT2D eigenvalue weighted by molar-refractivity contribution is 0.330. The molecule has 158 valence electrons. The Balaban J connectivity index is 1.75. The molecule has 0 radical (unpaired) electrons. The second-order valence-electron chi connectivity index (χ2n) is 10.5. The second-order valence-corrected chi connectivity index (χ2v) is 10.5. The van der Waals surface area contributed by atoms with E-state index in [0.29, 0.717) is 11.3 Å². The van der Waals surface area contributed by atoms with Crippen LogP contribution in [0.1, 0.15) is 76.1 Å². The van der Waals surface area contributed by atoms with Crippen LogP contribution < -0.4 is 5.32 Å². The number of benzene rings is 1. The fraction of sp³-hybridized carbons (Fsp3) is 0.654. The summed E-state index contributed by atoms with van der Waals surface area (Å²) >= 11 is 0. The van der Waals surface area contributed by atoms with Crippen molar-refractivity contribution in [3.05, 3.63) is 34.4 Å². The molecule has 2 heterocycles. The van der Waals surface area contributed by atoms with E-state index in [1.54, 1.807) is 5.56 Å². The topological polar surface area (TPSA) is 28.2 Å². The van der Waals surface area contributed by atoms with Gasteiger partial charge in [0.25, 0.3) is 0 Å². The molecule has 1 N–H and O–H groups in total. The summed E-state index contributed by atoms with van der Waals surface area (Å²) in [5.41, 5.74) is 7.54. The lowest BCUT2D eigenvalue weighted by Crippen LogP contribution is -2.19. The van der Waals surface area contributed by atoms with Crippen LogP contribution in [0.15, 0.2) is 12.1 Å². The number of likely N-dealkylation sites (tertiary alicyclic amines) is 1. The first-order chi connectivity index (χ1) is 13.9. The predicted molar refractivity (Wildman–Crippen MR) is 125 cm³/mol. The molecule has 3 heteroatoms. The van der Waals surface area contributed by atoms with Crippen LogP contribution in [-0.2, 0) is 25.8 Å². The van der Waals surface area contributed by atoms with E-state index < -0.39 is 0 Å². The van der Waals surface area contributed by atoms with Crippen molar-refractivity contribution in [1.82, 2.24) is 9.88 Å². The molecule has 0 amide bonds. The molecule has 1 saturated heterocycles. The van der Waals surface area contributed by atoms with Gasteiger partial charge in [0.05, 0.1) is 5.52 Å². The molecule has 1 aromatic heterocycles. The Kier molecular flexibility index (Phi) is 5.88. The van der Waals surface area contributed by atoms with Crippen molar-refractivity contribution in [2.24, 2.45) is 11.3 Å². The van der Waals surface area contributed by atoms with Crippen molar-refractivity contribution < 1.29 is 0 Å². The minimum absolute atomic E-state index is 0.327. The maximum Gasteiger partial charge on any atom is 0.130 e. The standard InChI is InChI=1S/C26H39N3/c1-6-19-13-21-22-15-26(4,5)16-23(22)25(27-10-9-18(2)3)28-24(21)14-20(19)17-29-11-7-8-12-29/h13-14,18H,6-12,15-17H2,1-5H3,(H,27,28). The number of rotatable bonds is 7. The van der Waals surface area contributed by atoms with Crippen molar-refractivity contribution in [2.45, 2.75) is 79.7 Å². The van der Waals surface area contributed by atoms with Crippen molar-refractivity contribution in [1.29, 1.82) is 0 Å². The van der Waals surface area contributed by atoms with E-state index in [1.807, 2.05) is 0 Å². The number of aromatic nitrogens is 1. The summed E-state index contributed by atoms with van der Waals surface area (Å²) in [6, 6.07) is 4.89. The summed E-state index contributed by atoms with van der Waals surface area (Å²) < 4.78 is 0. The fourth-order valence-electron chi connectivity index (χ4n) is 5.20. The van der Waals surface area contributed by atoms with Gasteiger partial charge in [-0.1, -0.05) is 34.6 Å². The SMILES string of the molecule is CCc1cc2c3c(c(NCCC(C)C)nc2cc1CN1CCCC1)CC(C)(C)C3. The molecule has 0 bridgehead atoms. The van der Waals surface area contributed by atoms with Crippen molar-refractivity contribution in [2.75, 3.05) is 25.0 Å². The van der Waals surface area contributed by atoms with Crippen LogP contribution in [0.25, 0.3) is 10.9 Å². The van der Waals surface area contributed by atoms with Crippen LogP contribution in [0.2, 0.25) is 0 Å². The molecule has 1 aromatic carbocycles. The first kappa shape index (κ1) is 20.7. The zero-order valence-electron chi connectivity index (χ0n) is 19.2. The first-order valence-electron chi connectivity index (χ1n) is 11.8. The molecule has 0 spiro atoms. The highest BCUT2D eigenvalue weighted by Gasteiger charge is 2.33. The molecule has 0 saturated carbocycles. The van der Waals surface area contributed by atoms with Crippen molar-refractivity contribution in [3.63, 3.8) is 0 Å². The molecule has 3 nitrogen and oxygen atoms in total. The van der Waals surface area contributed by atoms with Gasteiger partial charge in [-0.2, -0.15) is 0 Å². The average molecular weight is 394 g/mol. The second kappa shape index (κ2) is 8.26. The maximum absolute atomic E-state index is 5.19. The highest BCUT2D eigenvalue weighted by Crippen LogP contribution is 2.43. The summed E-state index contributed by atoms with van der Waals surface area (Å²) in [4.78, 5) is 7.80. The smallest absolute Gasteiger partial charge is 0.130 e. The average Bonchev–Trinajstić information content (AvgIpc) is 3.27. The third kappa shape index (κ3) is 4.45. The number of anilines is 1. The number of hydrogen-bond donors (Lipinski definition) is 1. The number of fused-ring (bicyclic) bond motifs is 3. The first-order valence-corrected chi connectivity index (χ1v) is 11.8. The van der Waals surface area contributed by atoms with Crippen LogP contribution in [0.4, 0.5) is 5.82 Å². The van der Waals surface area contributed by atoms with Gasteiger partial charge in [-0.15, -0.1) is 0 Å². The fourth-order valence-corrected chi connectivity index (χ4v) is 5.20. The Bertz CT molecular complexity index is 875. The van der Waals surface area contributed by atoms with Gasteiger partial charge >= 0.3 is 0 Å². The Labute approximate surface area is 177 Å². The molecular weight excluding hydrogens is 354 g/mol. The third-order valence-corrected chi connectivity index (χ3v) is 6.82. The molecule has 4 rings (SSSR count). The summed E-state index contributed by atoms with van der Waals surface area (Å²) in [5, 5.41) is 5.11. The van der Waals surface area contributed by atoms with E-state index in [4.69, 9.17) is 4.98 Å². The largest absolute Gasteiger partial charge is 0.370 e. The Morgan fingerprint density at radius 3 is 2.48 bits per heavy atom. The Morgan fingerprint density at radius 1 is 1.07 bits per heavy atom. The molecule has 2 aromatic rings. The van der Waals surface area contributed by atoms with Gasteiger partial charge in [-0.25, -0.2) is 4.98 Å². The number of pyridine rings is 1. The highest BCUT2D eigenvalue weighted by molar-refractivity contribution is 5.88. The predicted octanol–water partition coefficient (Wildman–Crippen LogP) is 5.98. The van der Waals surface area contributed by atoms with Gasteiger partial charge in [0.1, 0.15) is 5.82 Å². The van der Waals surface area contributed by atoms with Gasteiger partial charge < -0.3 is 5.32 Å². The number of hydrogen-bond acceptors (Lipinski definition) is 3. The number of nitrogens with zero attached hydrogens (tertiary/aromatic N) is 2. The van der Waals surface area contributed by atoms with Gasteiger partial charge in [0.15, 0.2) is 0 Å². The van der Waals surface area contributed by atoms with Crippen molar-refractivity contribution in [3.8, 4) is 0 Å². The van der Waals surface area contributed by atoms with Crippen LogP contribution in [0.3, 0.4) is 0 Å². The van der Waals surface area contributed by atoms with Gasteiger partial charge in [-0.3, -0.25) is 4.90 Å². The van der Waals surface area contributed by atoms with Crippen LogP contribution >= 0.6 is 0 Å². The molecule has 1 aliphatic heterocycles. The monoisotopic (exact) mass is 393 g/mol. The van der Waals surface area contributed by atoms with E-state index in [-0.39, 0.29) is 0 Å². The van der Waals surface area contributed by atoms with E-state index in [2.05, 4.69) is 57.0 Å². The molecule has 1 fully saturated rings. The number of nitrogens with one attached hydrogen (secondary N) is 1. The molecule has 2 aliphatic rings. The zero-order valence-corrected chi connectivity index (χ0v) is 19.2. The zero-order chi connectivity index (χ0) is 20.6. The van der Waals surface area contributed by atoms with Gasteiger partial charge in [0, 0.05) is 18.5 Å². The normalized spacial score (nSPS) is 18.7. The Morgan fingerprint density at radius 2 is 1.79 bits per heavy atom. The summed E-state index contributed by atoms with van der Waals surface area (Å²) in [5.74, 6) is 1.86. The minimum Gasteiger partial charge on any atom is -0.370 e. The third-order valence-electron chi connectivity index (χ3n) is 6.82. The molecule has 29 heavy (non-hydrogen) atoms. The van der Waals surface area contributed by atoms with E-state index >= 15 is 0 Å². The molecule has 0 atom stereocenters. The van der Waals surface area contributed by atoms with Gasteiger partial charge in [-0.05, 0) is 97.3 Å².